The van der Waals surface area contributed by atoms with E-state index >= 15 is 0 Å². The van der Waals surface area contributed by atoms with Gasteiger partial charge < -0.3 is 15.2 Å². The number of esters is 1. The number of carbonyl (C=O) groups excluding carboxylic acids is 2. The van der Waals surface area contributed by atoms with Crippen LogP contribution in [0.15, 0.2) is 18.2 Å². The van der Waals surface area contributed by atoms with Crippen molar-refractivity contribution in [2.75, 3.05) is 7.11 Å². The average molecular weight is 347 g/mol. The fraction of sp³-hybridized carbons (Fsp3) is 0.429. The quantitative estimate of drug-likeness (QED) is 0.418. The summed E-state index contributed by atoms with van der Waals surface area (Å²) < 4.78 is 4.46. The second-order valence-electron chi connectivity index (χ2n) is 4.58. The Morgan fingerprint density at radius 2 is 2.04 bits per heavy atom. The van der Waals surface area contributed by atoms with Crippen molar-refractivity contribution in [1.82, 2.24) is 5.32 Å². The van der Waals surface area contributed by atoms with Gasteiger partial charge in [0.1, 0.15) is 0 Å². The van der Waals surface area contributed by atoms with Crippen LogP contribution in [0.2, 0.25) is 0 Å². The fourth-order valence-electron chi connectivity index (χ4n) is 1.81. The van der Waals surface area contributed by atoms with E-state index in [2.05, 4.69) is 10.1 Å². The lowest BCUT2D eigenvalue weighted by molar-refractivity contribution is -0.385. The predicted octanol–water partition coefficient (Wildman–Crippen LogP) is 1.47. The van der Waals surface area contributed by atoms with E-state index < -0.39 is 11.5 Å². The summed E-state index contributed by atoms with van der Waals surface area (Å²) in [6.07, 6.45) is 0.717. The molecule has 0 saturated heterocycles. The molecule has 0 saturated carbocycles. The van der Waals surface area contributed by atoms with Crippen molar-refractivity contribution in [1.29, 1.82) is 0 Å². The molecule has 1 aromatic carbocycles. The number of halogens is 1. The van der Waals surface area contributed by atoms with Crippen LogP contribution in [0.4, 0.5) is 5.69 Å². The molecule has 128 valence electrons. The van der Waals surface area contributed by atoms with Gasteiger partial charge in [-0.25, -0.2) is 0 Å². The molecule has 0 radical (unpaired) electrons. The molecule has 1 aromatic rings. The second-order valence-corrected chi connectivity index (χ2v) is 4.58. The van der Waals surface area contributed by atoms with Gasteiger partial charge in [-0.05, 0) is 18.1 Å². The van der Waals surface area contributed by atoms with Gasteiger partial charge >= 0.3 is 5.97 Å². The van der Waals surface area contributed by atoms with Gasteiger partial charge in [-0.2, -0.15) is 0 Å². The molecule has 0 aliphatic rings. The first-order chi connectivity index (χ1) is 10.5. The van der Waals surface area contributed by atoms with Crippen molar-refractivity contribution in [2.45, 2.75) is 32.4 Å². The minimum absolute atomic E-state index is 0. The van der Waals surface area contributed by atoms with E-state index in [0.717, 1.165) is 0 Å². The van der Waals surface area contributed by atoms with E-state index in [0.29, 0.717) is 12.0 Å². The number of hydrogen-bond donors (Lipinski definition) is 2. The van der Waals surface area contributed by atoms with Crippen LogP contribution in [0.5, 0.6) is 0 Å². The van der Waals surface area contributed by atoms with Crippen LogP contribution >= 0.6 is 12.4 Å². The van der Waals surface area contributed by atoms with Gasteiger partial charge in [0.25, 0.3) is 5.69 Å². The van der Waals surface area contributed by atoms with Crippen molar-refractivity contribution in [3.05, 3.63) is 39.4 Å². The average Bonchev–Trinajstić information content (AvgIpc) is 2.52. The van der Waals surface area contributed by atoms with Crippen LogP contribution in [-0.4, -0.2) is 29.0 Å². The van der Waals surface area contributed by atoms with E-state index in [1.807, 2.05) is 0 Å². The third kappa shape index (κ3) is 7.07. The maximum atomic E-state index is 11.6. The summed E-state index contributed by atoms with van der Waals surface area (Å²) in [6.45, 7) is -0.278. The molecule has 9 heteroatoms. The number of aliphatic hydroxyl groups excluding tert-OH is 1. The first kappa shape index (κ1) is 20.8. The molecular weight excluding hydrogens is 328 g/mol. The summed E-state index contributed by atoms with van der Waals surface area (Å²) in [5.41, 5.74) is 0.600. The third-order valence-electron chi connectivity index (χ3n) is 3.02. The fourth-order valence-corrected chi connectivity index (χ4v) is 1.81. The molecule has 2 N–H and O–H groups in total. The van der Waals surface area contributed by atoms with E-state index in [-0.39, 0.29) is 54.9 Å². The Kier molecular flexibility index (Phi) is 9.52. The highest BCUT2D eigenvalue weighted by Crippen LogP contribution is 2.20. The number of benzene rings is 1. The summed E-state index contributed by atoms with van der Waals surface area (Å²) in [6, 6.07) is 4.38. The molecule has 0 aliphatic heterocycles. The lowest BCUT2D eigenvalue weighted by Gasteiger charge is -2.06. The van der Waals surface area contributed by atoms with Crippen molar-refractivity contribution < 1.29 is 24.4 Å². The number of nitrogens with one attached hydrogen (secondary N) is 1. The normalized spacial score (nSPS) is 9.65. The predicted molar refractivity (Wildman–Crippen MR) is 84.0 cm³/mol. The summed E-state index contributed by atoms with van der Waals surface area (Å²) >= 11 is 0. The van der Waals surface area contributed by atoms with Crippen molar-refractivity contribution in [2.24, 2.45) is 0 Å². The Morgan fingerprint density at radius 1 is 1.35 bits per heavy atom. The number of nitro benzene ring substituents is 1. The van der Waals surface area contributed by atoms with Crippen LogP contribution < -0.4 is 5.32 Å². The molecule has 0 atom stereocenters. The van der Waals surface area contributed by atoms with E-state index in [1.54, 1.807) is 6.07 Å². The zero-order valence-electron chi connectivity index (χ0n) is 12.6. The van der Waals surface area contributed by atoms with E-state index in [4.69, 9.17) is 5.11 Å². The maximum absolute atomic E-state index is 11.6. The number of carbonyl (C=O) groups is 2. The molecule has 23 heavy (non-hydrogen) atoms. The van der Waals surface area contributed by atoms with E-state index in [9.17, 15) is 19.7 Å². The lowest BCUT2D eigenvalue weighted by Crippen LogP contribution is -2.22. The number of hydrogen-bond acceptors (Lipinski definition) is 6. The molecular formula is C14H19ClN2O6. The zero-order chi connectivity index (χ0) is 16.5. The van der Waals surface area contributed by atoms with Crippen molar-refractivity contribution in [3.63, 3.8) is 0 Å². The number of rotatable bonds is 8. The molecule has 0 bridgehead atoms. The van der Waals surface area contributed by atoms with Gasteiger partial charge in [-0.15, -0.1) is 12.4 Å². The van der Waals surface area contributed by atoms with Gasteiger partial charge in [0.2, 0.25) is 5.91 Å². The molecule has 8 nitrogen and oxygen atoms in total. The smallest absolute Gasteiger partial charge is 0.305 e. The number of nitro groups is 1. The Balaban J connectivity index is 0.00000484. The van der Waals surface area contributed by atoms with Gasteiger partial charge in [-0.3, -0.25) is 19.7 Å². The van der Waals surface area contributed by atoms with Crippen molar-refractivity contribution in [3.8, 4) is 0 Å². The lowest BCUT2D eigenvalue weighted by atomic mass is 10.1. The molecule has 0 aliphatic carbocycles. The number of nitrogens with zero attached hydrogens (tertiary/aromatic N) is 1. The van der Waals surface area contributed by atoms with Gasteiger partial charge in [0.15, 0.2) is 0 Å². The summed E-state index contributed by atoms with van der Waals surface area (Å²) in [7, 11) is 1.28. The Labute approximate surface area is 139 Å². The molecule has 0 unspecified atom stereocenters. The number of methoxy groups -OCH3 is 1. The Morgan fingerprint density at radius 3 is 2.61 bits per heavy atom. The van der Waals surface area contributed by atoms with Crippen LogP contribution in [-0.2, 0) is 27.5 Å². The molecule has 0 fully saturated rings. The molecule has 1 amide bonds. The minimum Gasteiger partial charge on any atom is -0.469 e. The first-order valence-electron chi connectivity index (χ1n) is 6.68. The highest BCUT2D eigenvalue weighted by atomic mass is 35.5. The van der Waals surface area contributed by atoms with Gasteiger partial charge in [0.05, 0.1) is 24.2 Å². The standard InChI is InChI=1S/C14H18N2O6.ClH/c1-22-14(19)4-2-3-13(18)15-8-10-5-6-11(9-17)12(7-10)16(20)21;/h5-7,17H,2-4,8-9H2,1H3,(H,15,18);1H. The van der Waals surface area contributed by atoms with Crippen LogP contribution in [0.3, 0.4) is 0 Å². The zero-order valence-corrected chi connectivity index (χ0v) is 13.4. The number of amides is 1. The number of ether oxygens (including phenoxy) is 1. The second kappa shape index (κ2) is 10.5. The molecule has 0 spiro atoms. The van der Waals surface area contributed by atoms with Gasteiger partial charge in [0, 0.05) is 25.5 Å². The van der Waals surface area contributed by atoms with Gasteiger partial charge in [-0.1, -0.05) is 6.07 Å². The van der Waals surface area contributed by atoms with E-state index in [1.165, 1.54) is 19.2 Å². The Bertz CT molecular complexity index is 564. The topological polar surface area (TPSA) is 119 Å². The molecule has 0 aromatic heterocycles. The van der Waals surface area contributed by atoms with Crippen LogP contribution in [0.1, 0.15) is 30.4 Å². The largest absolute Gasteiger partial charge is 0.469 e. The maximum Gasteiger partial charge on any atom is 0.305 e. The van der Waals surface area contributed by atoms with Crippen molar-refractivity contribution >= 4 is 30.0 Å². The SMILES string of the molecule is COC(=O)CCCC(=O)NCc1ccc(CO)c([N+](=O)[O-])c1.Cl. The highest BCUT2D eigenvalue weighted by Gasteiger charge is 2.14. The number of aliphatic hydroxyl groups is 1. The first-order valence-corrected chi connectivity index (χ1v) is 6.68. The third-order valence-corrected chi connectivity index (χ3v) is 3.02. The molecule has 1 rings (SSSR count). The summed E-state index contributed by atoms with van der Waals surface area (Å²) in [5, 5.41) is 22.5. The highest BCUT2D eigenvalue weighted by molar-refractivity contribution is 5.85. The summed E-state index contributed by atoms with van der Waals surface area (Å²) in [5.74, 6) is -0.624. The molecule has 0 heterocycles. The van der Waals surface area contributed by atoms with Crippen LogP contribution in [0, 0.1) is 10.1 Å². The monoisotopic (exact) mass is 346 g/mol. The summed E-state index contributed by atoms with van der Waals surface area (Å²) in [4.78, 5) is 32.8. The Hall–Kier alpha value is -2.19. The van der Waals surface area contributed by atoms with Crippen LogP contribution in [0.25, 0.3) is 0 Å². The minimum atomic E-state index is -0.576.